The summed E-state index contributed by atoms with van der Waals surface area (Å²) in [5.41, 5.74) is 2.89. The van der Waals surface area contributed by atoms with Crippen LogP contribution in [0.1, 0.15) is 11.1 Å². The second kappa shape index (κ2) is 5.79. The highest BCUT2D eigenvalue weighted by molar-refractivity contribution is 8.76. The van der Waals surface area contributed by atoms with Crippen LogP contribution in [-0.4, -0.2) is 5.11 Å². The van der Waals surface area contributed by atoms with E-state index in [9.17, 15) is 0 Å². The van der Waals surface area contributed by atoms with E-state index < -0.39 is 0 Å². The Hall–Kier alpha value is -0.790. The molecule has 2 nitrogen and oxygen atoms in total. The monoisotopic (exact) mass is 211 g/mol. The van der Waals surface area contributed by atoms with Gasteiger partial charge in [-0.3, -0.25) is 0 Å². The van der Waals surface area contributed by atoms with Crippen LogP contribution in [0.2, 0.25) is 0 Å². The Labute approximate surface area is 85.4 Å². The lowest BCUT2D eigenvalue weighted by Crippen LogP contribution is -1.85. The van der Waals surface area contributed by atoms with Gasteiger partial charge in [0.25, 0.3) is 6.26 Å². The number of aliphatic hydroxyl groups excluding tert-OH is 1. The van der Waals surface area contributed by atoms with Gasteiger partial charge in [0.15, 0.2) is 0 Å². The molecule has 0 saturated carbocycles. The lowest BCUT2D eigenvalue weighted by molar-refractivity contribution is 0.503. The van der Waals surface area contributed by atoms with E-state index >= 15 is 0 Å². The number of rotatable bonds is 0. The molecule has 3 rings (SSSR count). The third kappa shape index (κ3) is 3.62. The maximum Gasteiger partial charge on any atom is 0.283 e. The Bertz CT molecular complexity index is 266. The molecule has 0 radical (unpaired) electrons. The van der Waals surface area contributed by atoms with E-state index in [1.807, 2.05) is 21.6 Å². The van der Waals surface area contributed by atoms with Gasteiger partial charge in [-0.05, 0) is 11.1 Å². The molecule has 2 bridgehead atoms. The molecule has 1 N–H and O–H groups in total. The minimum absolute atomic E-state index is 0.750. The fourth-order valence-corrected chi connectivity index (χ4v) is 3.09. The summed E-state index contributed by atoms with van der Waals surface area (Å²) in [6.45, 7) is 0. The van der Waals surface area contributed by atoms with Crippen molar-refractivity contribution < 1.29 is 5.11 Å². The standard InChI is InChI=1S/C8H8S2.CHNO/c1-2-8-4-3-7(1)5-9-10-6-8;2-1-3/h1-4H,5-6H2;3H. The first-order valence-corrected chi connectivity index (χ1v) is 6.21. The van der Waals surface area contributed by atoms with Crippen LogP contribution in [0.15, 0.2) is 24.3 Å². The van der Waals surface area contributed by atoms with Crippen LogP contribution >= 0.6 is 21.6 Å². The van der Waals surface area contributed by atoms with Crippen molar-refractivity contribution in [2.24, 2.45) is 0 Å². The lowest BCUT2D eigenvalue weighted by Gasteiger charge is -2.07. The molecule has 0 spiro atoms. The van der Waals surface area contributed by atoms with E-state index in [0.29, 0.717) is 0 Å². The van der Waals surface area contributed by atoms with Crippen molar-refractivity contribution in [3.8, 4) is 6.26 Å². The Morgan fingerprint density at radius 3 is 1.69 bits per heavy atom. The zero-order valence-electron chi connectivity index (χ0n) is 6.93. The summed E-state index contributed by atoms with van der Waals surface area (Å²) < 4.78 is 0. The molecular weight excluding hydrogens is 202 g/mol. The second-order valence-electron chi connectivity index (χ2n) is 2.44. The van der Waals surface area contributed by atoms with Gasteiger partial charge in [0.05, 0.1) is 0 Å². The highest BCUT2D eigenvalue weighted by Crippen LogP contribution is 2.32. The Morgan fingerprint density at radius 2 is 1.38 bits per heavy atom. The van der Waals surface area contributed by atoms with Gasteiger partial charge < -0.3 is 5.11 Å². The predicted molar refractivity (Wildman–Crippen MR) is 56.6 cm³/mol. The smallest absolute Gasteiger partial charge is 0.283 e. The van der Waals surface area contributed by atoms with Gasteiger partial charge >= 0.3 is 0 Å². The molecule has 0 saturated heterocycles. The number of fused-ring (bicyclic) bond motifs is 5. The van der Waals surface area contributed by atoms with Crippen molar-refractivity contribution in [2.45, 2.75) is 11.5 Å². The Morgan fingerprint density at radius 1 is 1.08 bits per heavy atom. The molecule has 1 aromatic rings. The zero-order chi connectivity index (χ0) is 9.52. The molecule has 0 atom stereocenters. The van der Waals surface area contributed by atoms with Crippen LogP contribution in [0.5, 0.6) is 0 Å². The molecule has 0 unspecified atom stereocenters. The number of benzene rings is 1. The number of hydrogen-bond acceptors (Lipinski definition) is 4. The lowest BCUT2D eigenvalue weighted by atomic mass is 10.2. The van der Waals surface area contributed by atoms with Crippen molar-refractivity contribution in [3.63, 3.8) is 0 Å². The Kier molecular flexibility index (Phi) is 4.58. The summed E-state index contributed by atoms with van der Waals surface area (Å²) in [6, 6.07) is 8.90. The van der Waals surface area contributed by atoms with E-state index in [1.54, 1.807) is 0 Å². The summed E-state index contributed by atoms with van der Waals surface area (Å²) in [6.07, 6.45) is 0.750. The highest BCUT2D eigenvalue weighted by atomic mass is 33.1. The molecular formula is C9H9NOS2. The van der Waals surface area contributed by atoms with Crippen molar-refractivity contribution in [1.82, 2.24) is 0 Å². The third-order valence-corrected chi connectivity index (χ3v) is 3.83. The van der Waals surface area contributed by atoms with Crippen molar-refractivity contribution in [2.75, 3.05) is 0 Å². The maximum atomic E-state index is 6.88. The van der Waals surface area contributed by atoms with E-state index in [1.165, 1.54) is 11.1 Å². The fraction of sp³-hybridized carbons (Fsp3) is 0.222. The first kappa shape index (κ1) is 10.3. The zero-order valence-corrected chi connectivity index (χ0v) is 8.57. The normalized spacial score (nSPS) is 13.2. The number of nitriles is 1. The molecule has 68 valence electrons. The van der Waals surface area contributed by atoms with Gasteiger partial charge in [0, 0.05) is 11.5 Å². The molecule has 0 aliphatic carbocycles. The van der Waals surface area contributed by atoms with Gasteiger partial charge in [0.2, 0.25) is 0 Å². The van der Waals surface area contributed by atoms with Gasteiger partial charge in [-0.15, -0.1) is 0 Å². The number of aliphatic hydroxyl groups is 1. The van der Waals surface area contributed by atoms with Crippen LogP contribution in [0.3, 0.4) is 0 Å². The molecule has 1 aromatic carbocycles. The summed E-state index contributed by atoms with van der Waals surface area (Å²) in [5.74, 6) is 2.32. The molecule has 2 heterocycles. The van der Waals surface area contributed by atoms with Crippen LogP contribution < -0.4 is 0 Å². The minimum atomic E-state index is 0.750. The molecule has 4 heteroatoms. The summed E-state index contributed by atoms with van der Waals surface area (Å²) >= 11 is 0. The van der Waals surface area contributed by atoms with Gasteiger partial charge in [0.1, 0.15) is 0 Å². The first-order valence-electron chi connectivity index (χ1n) is 3.72. The number of hydrogen-bond donors (Lipinski definition) is 1. The summed E-state index contributed by atoms with van der Waals surface area (Å²) in [5, 5.41) is 13.8. The minimum Gasteiger partial charge on any atom is -0.443 e. The summed E-state index contributed by atoms with van der Waals surface area (Å²) in [7, 11) is 3.90. The molecule has 0 fully saturated rings. The SMILES string of the molecule is N#CO.c1cc2ccc1CSSC2. The van der Waals surface area contributed by atoms with Crippen LogP contribution in [0, 0.1) is 11.5 Å². The average Bonchev–Trinajstić information content (AvgIpc) is 2.07. The van der Waals surface area contributed by atoms with Crippen LogP contribution in [0.4, 0.5) is 0 Å². The number of nitrogens with zero attached hydrogens (tertiary/aromatic N) is 1. The van der Waals surface area contributed by atoms with Crippen molar-refractivity contribution >= 4 is 21.6 Å². The topological polar surface area (TPSA) is 44.0 Å². The van der Waals surface area contributed by atoms with Gasteiger partial charge in [-0.25, -0.2) is 0 Å². The maximum absolute atomic E-state index is 6.88. The van der Waals surface area contributed by atoms with E-state index in [-0.39, 0.29) is 0 Å². The van der Waals surface area contributed by atoms with Gasteiger partial charge in [-0.1, -0.05) is 45.9 Å². The average molecular weight is 211 g/mol. The molecule has 0 aromatic heterocycles. The summed E-state index contributed by atoms with van der Waals surface area (Å²) in [4.78, 5) is 0. The molecule has 0 amide bonds. The van der Waals surface area contributed by atoms with E-state index in [4.69, 9.17) is 10.4 Å². The highest BCUT2D eigenvalue weighted by Gasteiger charge is 2.00. The first-order chi connectivity index (χ1) is 6.36. The molecule has 2 aliphatic rings. The van der Waals surface area contributed by atoms with Gasteiger partial charge in [-0.2, -0.15) is 5.26 Å². The quantitative estimate of drug-likeness (QED) is 0.529. The fourth-order valence-electron chi connectivity index (χ4n) is 0.951. The molecule has 13 heavy (non-hydrogen) atoms. The van der Waals surface area contributed by atoms with Crippen LogP contribution in [-0.2, 0) is 11.5 Å². The predicted octanol–water partition coefficient (Wildman–Crippen LogP) is 2.92. The second-order valence-corrected chi connectivity index (χ2v) is 4.90. The Balaban J connectivity index is 0.000000251. The van der Waals surface area contributed by atoms with E-state index in [2.05, 4.69) is 24.3 Å². The van der Waals surface area contributed by atoms with Crippen molar-refractivity contribution in [3.05, 3.63) is 35.4 Å². The van der Waals surface area contributed by atoms with Crippen LogP contribution in [0.25, 0.3) is 0 Å². The van der Waals surface area contributed by atoms with Crippen molar-refractivity contribution in [1.29, 1.82) is 5.26 Å². The molecule has 2 aliphatic heterocycles. The largest absolute Gasteiger partial charge is 0.443 e. The van der Waals surface area contributed by atoms with E-state index in [0.717, 1.165) is 17.8 Å². The third-order valence-electron chi connectivity index (χ3n) is 1.56.